The van der Waals surface area contributed by atoms with Crippen molar-refractivity contribution in [3.63, 3.8) is 0 Å². The molecule has 8 heteroatoms. The lowest BCUT2D eigenvalue weighted by molar-refractivity contribution is -0.153. The van der Waals surface area contributed by atoms with Crippen molar-refractivity contribution in [3.8, 4) is 11.5 Å². The van der Waals surface area contributed by atoms with Gasteiger partial charge in [-0.2, -0.15) is 13.2 Å². The minimum atomic E-state index is -4.41. The van der Waals surface area contributed by atoms with Gasteiger partial charge in [0.1, 0.15) is 0 Å². The van der Waals surface area contributed by atoms with Crippen molar-refractivity contribution in [3.05, 3.63) is 23.8 Å². The Morgan fingerprint density at radius 1 is 1.36 bits per heavy atom. The lowest BCUT2D eigenvalue weighted by Gasteiger charge is -2.33. The molecule has 1 atom stereocenters. The van der Waals surface area contributed by atoms with Crippen molar-refractivity contribution in [2.45, 2.75) is 32.0 Å². The van der Waals surface area contributed by atoms with Gasteiger partial charge in [0.25, 0.3) is 0 Å². The highest BCUT2D eigenvalue weighted by Crippen LogP contribution is 2.30. The zero-order valence-corrected chi connectivity index (χ0v) is 14.3. The molecule has 0 aliphatic carbocycles. The van der Waals surface area contributed by atoms with Gasteiger partial charge in [-0.1, -0.05) is 6.07 Å². The number of aryl methyl sites for hydroxylation is 1. The van der Waals surface area contributed by atoms with Crippen LogP contribution in [0.4, 0.5) is 13.2 Å². The zero-order chi connectivity index (χ0) is 18.4. The Morgan fingerprint density at radius 2 is 2.12 bits per heavy atom. The second-order valence-electron chi connectivity index (χ2n) is 5.90. The molecule has 1 aliphatic rings. The predicted octanol–water partition coefficient (Wildman–Crippen LogP) is 2.82. The lowest BCUT2D eigenvalue weighted by atomic mass is 10.1. The summed E-state index contributed by atoms with van der Waals surface area (Å²) < 4.78 is 51.9. The smallest absolute Gasteiger partial charge is 0.422 e. The van der Waals surface area contributed by atoms with Crippen LogP contribution < -0.4 is 9.47 Å². The van der Waals surface area contributed by atoms with Gasteiger partial charge < -0.3 is 19.1 Å². The molecule has 1 saturated heterocycles. The highest BCUT2D eigenvalue weighted by Gasteiger charge is 2.29. The van der Waals surface area contributed by atoms with Gasteiger partial charge >= 0.3 is 6.18 Å². The third kappa shape index (κ3) is 5.81. The normalized spacial score (nSPS) is 18.1. The van der Waals surface area contributed by atoms with Crippen LogP contribution in [-0.4, -0.2) is 56.5 Å². The fourth-order valence-electron chi connectivity index (χ4n) is 2.64. The molecule has 0 radical (unpaired) electrons. The standard InChI is InChI=1S/C17H22F3NO4/c1-12-10-24-8-7-21(12)16(22)6-4-13-3-5-14(15(9-13)23-2)25-11-17(18,19)20/h3,5,9,12H,4,6-8,10-11H2,1-2H3. The van der Waals surface area contributed by atoms with E-state index in [0.717, 1.165) is 5.56 Å². The number of methoxy groups -OCH3 is 1. The van der Waals surface area contributed by atoms with E-state index < -0.39 is 12.8 Å². The number of ether oxygens (including phenoxy) is 3. The molecule has 5 nitrogen and oxygen atoms in total. The summed E-state index contributed by atoms with van der Waals surface area (Å²) in [7, 11) is 1.36. The van der Waals surface area contributed by atoms with Gasteiger partial charge in [0.15, 0.2) is 18.1 Å². The maximum Gasteiger partial charge on any atom is 0.422 e. The summed E-state index contributed by atoms with van der Waals surface area (Å²) in [5.41, 5.74) is 0.797. The largest absolute Gasteiger partial charge is 0.493 e. The number of carbonyl (C=O) groups excluding carboxylic acids is 1. The first kappa shape index (κ1) is 19.4. The third-order valence-corrected chi connectivity index (χ3v) is 3.93. The monoisotopic (exact) mass is 361 g/mol. The molecule has 2 rings (SSSR count). The van der Waals surface area contributed by atoms with Crippen LogP contribution in [-0.2, 0) is 16.0 Å². The molecule has 0 spiro atoms. The van der Waals surface area contributed by atoms with Crippen molar-refractivity contribution in [2.24, 2.45) is 0 Å². The Bertz CT molecular complexity index is 592. The average molecular weight is 361 g/mol. The van der Waals surface area contributed by atoms with E-state index in [9.17, 15) is 18.0 Å². The van der Waals surface area contributed by atoms with Crippen LogP contribution in [0.3, 0.4) is 0 Å². The molecule has 1 aromatic carbocycles. The average Bonchev–Trinajstić information content (AvgIpc) is 2.57. The second-order valence-corrected chi connectivity index (χ2v) is 5.90. The van der Waals surface area contributed by atoms with Gasteiger partial charge in [0.05, 0.1) is 26.4 Å². The Morgan fingerprint density at radius 3 is 2.76 bits per heavy atom. The quantitative estimate of drug-likeness (QED) is 0.782. The van der Waals surface area contributed by atoms with Crippen LogP contribution >= 0.6 is 0 Å². The van der Waals surface area contributed by atoms with Crippen LogP contribution in [0.2, 0.25) is 0 Å². The van der Waals surface area contributed by atoms with Crippen LogP contribution in [0.1, 0.15) is 18.9 Å². The fourth-order valence-corrected chi connectivity index (χ4v) is 2.64. The first-order valence-corrected chi connectivity index (χ1v) is 8.04. The van der Waals surface area contributed by atoms with E-state index in [1.807, 2.05) is 6.92 Å². The number of benzene rings is 1. The second kappa shape index (κ2) is 8.42. The van der Waals surface area contributed by atoms with E-state index in [4.69, 9.17) is 14.2 Å². The van der Waals surface area contributed by atoms with Crippen molar-refractivity contribution in [1.29, 1.82) is 0 Å². The van der Waals surface area contributed by atoms with Crippen LogP contribution in [0.5, 0.6) is 11.5 Å². The summed E-state index contributed by atoms with van der Waals surface area (Å²) in [6.45, 7) is 2.20. The van der Waals surface area contributed by atoms with Gasteiger partial charge in [0.2, 0.25) is 5.91 Å². The van der Waals surface area contributed by atoms with Gasteiger partial charge in [-0.25, -0.2) is 0 Å². The Balaban J connectivity index is 1.94. The molecule has 1 aromatic rings. The first-order chi connectivity index (χ1) is 11.8. The number of amides is 1. The number of hydrogen-bond acceptors (Lipinski definition) is 4. The van der Waals surface area contributed by atoms with E-state index in [2.05, 4.69) is 0 Å². The van der Waals surface area contributed by atoms with Gasteiger partial charge in [-0.15, -0.1) is 0 Å². The molecule has 0 N–H and O–H groups in total. The van der Waals surface area contributed by atoms with E-state index in [-0.39, 0.29) is 23.4 Å². The molecular weight excluding hydrogens is 339 g/mol. The maximum atomic E-state index is 12.3. The number of nitrogens with zero attached hydrogens (tertiary/aromatic N) is 1. The van der Waals surface area contributed by atoms with E-state index >= 15 is 0 Å². The van der Waals surface area contributed by atoms with Crippen molar-refractivity contribution < 1.29 is 32.2 Å². The minimum Gasteiger partial charge on any atom is -0.493 e. The van der Waals surface area contributed by atoms with Gasteiger partial charge in [-0.05, 0) is 31.0 Å². The molecule has 25 heavy (non-hydrogen) atoms. The number of morpholine rings is 1. The molecule has 1 fully saturated rings. The van der Waals surface area contributed by atoms with E-state index in [1.165, 1.54) is 13.2 Å². The fraction of sp³-hybridized carbons (Fsp3) is 0.588. The molecule has 1 heterocycles. The summed E-state index contributed by atoms with van der Waals surface area (Å²) in [5.74, 6) is 0.276. The lowest BCUT2D eigenvalue weighted by Crippen LogP contribution is -2.47. The number of halogens is 3. The van der Waals surface area contributed by atoms with Gasteiger partial charge in [-0.3, -0.25) is 4.79 Å². The Kier molecular flexibility index (Phi) is 6.52. The topological polar surface area (TPSA) is 48.0 Å². The summed E-state index contributed by atoms with van der Waals surface area (Å²) in [6.07, 6.45) is -3.62. The molecule has 1 unspecified atom stereocenters. The molecule has 0 bridgehead atoms. The summed E-state index contributed by atoms with van der Waals surface area (Å²) in [6, 6.07) is 4.72. The van der Waals surface area contributed by atoms with Gasteiger partial charge in [0, 0.05) is 13.0 Å². The number of rotatable bonds is 6. The molecule has 0 aromatic heterocycles. The molecule has 0 saturated carbocycles. The SMILES string of the molecule is COc1cc(CCC(=O)N2CCOCC2C)ccc1OCC(F)(F)F. The summed E-state index contributed by atoms with van der Waals surface area (Å²) in [5, 5.41) is 0. The molecule has 1 aliphatic heterocycles. The predicted molar refractivity (Wildman–Crippen MR) is 84.9 cm³/mol. The van der Waals surface area contributed by atoms with Crippen molar-refractivity contribution >= 4 is 5.91 Å². The summed E-state index contributed by atoms with van der Waals surface area (Å²) >= 11 is 0. The van der Waals surface area contributed by atoms with Crippen LogP contribution in [0.25, 0.3) is 0 Å². The van der Waals surface area contributed by atoms with Crippen molar-refractivity contribution in [2.75, 3.05) is 33.5 Å². The van der Waals surface area contributed by atoms with E-state index in [0.29, 0.717) is 32.6 Å². The van der Waals surface area contributed by atoms with Crippen LogP contribution in [0.15, 0.2) is 18.2 Å². The zero-order valence-electron chi connectivity index (χ0n) is 14.3. The molecule has 140 valence electrons. The molecular formula is C17H22F3NO4. The summed E-state index contributed by atoms with van der Waals surface area (Å²) in [4.78, 5) is 14.1. The van der Waals surface area contributed by atoms with Crippen LogP contribution in [0, 0.1) is 0 Å². The third-order valence-electron chi connectivity index (χ3n) is 3.93. The highest BCUT2D eigenvalue weighted by atomic mass is 19.4. The first-order valence-electron chi connectivity index (χ1n) is 8.04. The number of carbonyl (C=O) groups is 1. The molecule has 1 amide bonds. The highest BCUT2D eigenvalue weighted by molar-refractivity contribution is 5.77. The number of hydrogen-bond donors (Lipinski definition) is 0. The Labute approximate surface area is 144 Å². The number of alkyl halides is 3. The Hall–Kier alpha value is -1.96. The maximum absolute atomic E-state index is 12.3. The van der Waals surface area contributed by atoms with E-state index in [1.54, 1.807) is 17.0 Å². The van der Waals surface area contributed by atoms with Crippen molar-refractivity contribution in [1.82, 2.24) is 4.90 Å². The minimum absolute atomic E-state index is 0.0247.